The zero-order valence-corrected chi connectivity index (χ0v) is 16.6. The molecule has 1 aliphatic carbocycles. The monoisotopic (exact) mass is 405 g/mol. The summed E-state index contributed by atoms with van der Waals surface area (Å²) in [6, 6.07) is 5.42. The van der Waals surface area contributed by atoms with Crippen molar-refractivity contribution in [2.75, 3.05) is 23.7 Å². The Labute approximate surface area is 172 Å². The van der Waals surface area contributed by atoms with Gasteiger partial charge in [-0.05, 0) is 36.4 Å². The van der Waals surface area contributed by atoms with Gasteiger partial charge in [0.1, 0.15) is 12.1 Å². The second kappa shape index (κ2) is 6.65. The fourth-order valence-corrected chi connectivity index (χ4v) is 4.98. The van der Waals surface area contributed by atoms with Crippen LogP contribution in [0.5, 0.6) is 0 Å². The summed E-state index contributed by atoms with van der Waals surface area (Å²) in [6.07, 6.45) is 6.00. The van der Waals surface area contributed by atoms with E-state index in [1.54, 1.807) is 12.1 Å². The van der Waals surface area contributed by atoms with Crippen LogP contribution < -0.4 is 16.2 Å². The summed E-state index contributed by atoms with van der Waals surface area (Å²) >= 11 is 0. The standard InChI is InChI=1S/C21H23N7O2/c22-18-7-16(23-11-24-18)14-5-17-15-4-12(9-28(17)19(29)6-14)8-27(10-15)21-25-20(30-26-21)13-2-1-3-13/h5-7,11-13,15H,1-4,8-10H2,(H2,22,23,24)/t12-,15+/m0/s1. The highest BCUT2D eigenvalue weighted by Crippen LogP contribution is 2.39. The number of rotatable bonds is 3. The minimum Gasteiger partial charge on any atom is -0.384 e. The summed E-state index contributed by atoms with van der Waals surface area (Å²) in [7, 11) is 0. The van der Waals surface area contributed by atoms with E-state index in [0.717, 1.165) is 49.5 Å². The number of nitrogen functional groups attached to an aromatic ring is 1. The van der Waals surface area contributed by atoms with Crippen molar-refractivity contribution in [3.8, 4) is 11.3 Å². The van der Waals surface area contributed by atoms with Crippen molar-refractivity contribution in [3.05, 3.63) is 46.5 Å². The molecule has 154 valence electrons. The van der Waals surface area contributed by atoms with Gasteiger partial charge in [-0.1, -0.05) is 6.42 Å². The first-order valence-corrected chi connectivity index (χ1v) is 10.6. The topological polar surface area (TPSA) is 116 Å². The lowest BCUT2D eigenvalue weighted by Gasteiger charge is -2.42. The van der Waals surface area contributed by atoms with E-state index in [0.29, 0.717) is 35.8 Å². The number of pyridine rings is 1. The molecule has 3 aromatic heterocycles. The van der Waals surface area contributed by atoms with Gasteiger partial charge in [0.15, 0.2) is 0 Å². The molecule has 0 unspecified atom stereocenters. The summed E-state index contributed by atoms with van der Waals surface area (Å²) in [4.78, 5) is 28.0. The maximum absolute atomic E-state index is 12.9. The molecule has 1 saturated heterocycles. The third-order valence-electron chi connectivity index (χ3n) is 6.71. The molecule has 2 N–H and O–H groups in total. The van der Waals surface area contributed by atoms with E-state index in [9.17, 15) is 4.79 Å². The normalized spacial score (nSPS) is 23.1. The van der Waals surface area contributed by atoms with Crippen molar-refractivity contribution < 1.29 is 4.52 Å². The maximum atomic E-state index is 12.9. The molecule has 0 spiro atoms. The summed E-state index contributed by atoms with van der Waals surface area (Å²) in [5.41, 5.74) is 8.31. The fraction of sp³-hybridized carbons (Fsp3) is 0.476. The molecular weight excluding hydrogens is 382 g/mol. The number of nitrogens with two attached hydrogens (primary N) is 1. The highest BCUT2D eigenvalue weighted by Gasteiger charge is 2.37. The number of piperidine rings is 1. The lowest BCUT2D eigenvalue weighted by Crippen LogP contribution is -2.47. The van der Waals surface area contributed by atoms with Crippen molar-refractivity contribution in [1.29, 1.82) is 0 Å². The van der Waals surface area contributed by atoms with E-state index >= 15 is 0 Å². The number of hydrogen-bond acceptors (Lipinski definition) is 8. The molecule has 2 fully saturated rings. The first-order chi connectivity index (χ1) is 14.6. The molecule has 3 aromatic rings. The third kappa shape index (κ3) is 2.88. The van der Waals surface area contributed by atoms with Crippen LogP contribution in [0.1, 0.15) is 49.1 Å². The quantitative estimate of drug-likeness (QED) is 0.705. The van der Waals surface area contributed by atoms with E-state index in [-0.39, 0.29) is 11.5 Å². The van der Waals surface area contributed by atoms with E-state index in [1.807, 2.05) is 4.57 Å². The molecule has 6 rings (SSSR count). The first-order valence-electron chi connectivity index (χ1n) is 10.6. The predicted octanol–water partition coefficient (Wildman–Crippen LogP) is 2.16. The molecule has 30 heavy (non-hydrogen) atoms. The molecule has 9 nitrogen and oxygen atoms in total. The molecule has 0 amide bonds. The third-order valence-corrected chi connectivity index (χ3v) is 6.71. The Morgan fingerprint density at radius 1 is 1.07 bits per heavy atom. The van der Waals surface area contributed by atoms with Gasteiger partial charge in [0.05, 0.1) is 5.69 Å². The molecule has 2 aliphatic heterocycles. The van der Waals surface area contributed by atoms with Crippen LogP contribution in [0.25, 0.3) is 11.3 Å². The van der Waals surface area contributed by atoms with Crippen molar-refractivity contribution in [2.24, 2.45) is 5.92 Å². The van der Waals surface area contributed by atoms with Crippen LogP contribution in [0.4, 0.5) is 11.8 Å². The second-order valence-electron chi connectivity index (χ2n) is 8.71. The Bertz CT molecular complexity index is 1170. The average Bonchev–Trinajstić information content (AvgIpc) is 3.16. The minimum atomic E-state index is 0.00895. The summed E-state index contributed by atoms with van der Waals surface area (Å²) in [5.74, 6) is 2.89. The van der Waals surface area contributed by atoms with Gasteiger partial charge in [0.25, 0.3) is 11.5 Å². The largest absolute Gasteiger partial charge is 0.384 e. The molecule has 2 bridgehead atoms. The highest BCUT2D eigenvalue weighted by atomic mass is 16.5. The van der Waals surface area contributed by atoms with Crippen LogP contribution in [0, 0.1) is 5.92 Å². The SMILES string of the molecule is Nc1cc(-c2cc3n(c(=O)c2)C[C@H]2C[C@@H]3CN(c3noc(C4CCC4)n3)C2)ncn1. The van der Waals surface area contributed by atoms with Gasteiger partial charge in [-0.2, -0.15) is 4.98 Å². The van der Waals surface area contributed by atoms with Crippen LogP contribution in [-0.2, 0) is 6.54 Å². The maximum Gasteiger partial charge on any atom is 0.266 e. The number of nitrogens with zero attached hydrogens (tertiary/aromatic N) is 6. The Hall–Kier alpha value is -3.23. The molecule has 9 heteroatoms. The van der Waals surface area contributed by atoms with Gasteiger partial charge in [-0.3, -0.25) is 4.79 Å². The van der Waals surface area contributed by atoms with Crippen LogP contribution in [0.3, 0.4) is 0 Å². The molecule has 0 aromatic carbocycles. The lowest BCUT2D eigenvalue weighted by molar-refractivity contribution is 0.275. The van der Waals surface area contributed by atoms with Gasteiger partial charge in [-0.25, -0.2) is 9.97 Å². The van der Waals surface area contributed by atoms with E-state index in [1.165, 1.54) is 12.7 Å². The second-order valence-corrected chi connectivity index (χ2v) is 8.71. The summed E-state index contributed by atoms with van der Waals surface area (Å²) in [5, 5.41) is 4.26. The van der Waals surface area contributed by atoms with Gasteiger partial charge in [0.2, 0.25) is 5.89 Å². The number of aromatic nitrogens is 5. The lowest BCUT2D eigenvalue weighted by atomic mass is 9.82. The predicted molar refractivity (Wildman–Crippen MR) is 110 cm³/mol. The first kappa shape index (κ1) is 17.6. The Morgan fingerprint density at radius 2 is 1.97 bits per heavy atom. The molecule has 1 saturated carbocycles. The molecule has 0 radical (unpaired) electrons. The molecule has 3 aliphatic rings. The van der Waals surface area contributed by atoms with Crippen molar-refractivity contribution in [1.82, 2.24) is 24.7 Å². The van der Waals surface area contributed by atoms with E-state index < -0.39 is 0 Å². The van der Waals surface area contributed by atoms with E-state index in [4.69, 9.17) is 10.3 Å². The molecule has 5 heterocycles. The molecule has 2 atom stereocenters. The number of hydrogen-bond donors (Lipinski definition) is 1. The van der Waals surface area contributed by atoms with Crippen LogP contribution in [-0.4, -0.2) is 37.8 Å². The summed E-state index contributed by atoms with van der Waals surface area (Å²) in [6.45, 7) is 2.33. The average molecular weight is 405 g/mol. The van der Waals surface area contributed by atoms with Crippen LogP contribution in [0.15, 0.2) is 33.8 Å². The number of anilines is 2. The zero-order chi connectivity index (χ0) is 20.2. The highest BCUT2D eigenvalue weighted by molar-refractivity contribution is 5.62. The van der Waals surface area contributed by atoms with Gasteiger partial charge in [0, 0.05) is 54.9 Å². The van der Waals surface area contributed by atoms with E-state index in [2.05, 4.69) is 31.1 Å². The van der Waals surface area contributed by atoms with Gasteiger partial charge >= 0.3 is 0 Å². The van der Waals surface area contributed by atoms with Crippen molar-refractivity contribution >= 4 is 11.8 Å². The van der Waals surface area contributed by atoms with Crippen LogP contribution >= 0.6 is 0 Å². The Morgan fingerprint density at radius 3 is 2.77 bits per heavy atom. The fourth-order valence-electron chi connectivity index (χ4n) is 4.98. The minimum absolute atomic E-state index is 0.00895. The Balaban J connectivity index is 1.33. The zero-order valence-electron chi connectivity index (χ0n) is 16.6. The smallest absolute Gasteiger partial charge is 0.266 e. The van der Waals surface area contributed by atoms with Gasteiger partial charge < -0.3 is 19.7 Å². The number of fused-ring (bicyclic) bond motifs is 4. The molecular formula is C21H23N7O2. The Kier molecular flexibility index (Phi) is 3.90. The van der Waals surface area contributed by atoms with Crippen LogP contribution in [0.2, 0.25) is 0 Å². The van der Waals surface area contributed by atoms with Crippen molar-refractivity contribution in [3.63, 3.8) is 0 Å². The summed E-state index contributed by atoms with van der Waals surface area (Å²) < 4.78 is 7.45. The van der Waals surface area contributed by atoms with Crippen molar-refractivity contribution in [2.45, 2.75) is 44.1 Å². The van der Waals surface area contributed by atoms with Gasteiger partial charge in [-0.15, -0.1) is 0 Å².